The van der Waals surface area contributed by atoms with Crippen molar-refractivity contribution in [2.24, 2.45) is 10.9 Å². The van der Waals surface area contributed by atoms with Crippen molar-refractivity contribution in [3.8, 4) is 0 Å². The van der Waals surface area contributed by atoms with Crippen molar-refractivity contribution in [3.63, 3.8) is 0 Å². The summed E-state index contributed by atoms with van der Waals surface area (Å²) >= 11 is 0. The Morgan fingerprint density at radius 3 is 2.57 bits per heavy atom. The predicted octanol–water partition coefficient (Wildman–Crippen LogP) is 4.16. The van der Waals surface area contributed by atoms with Crippen LogP contribution in [0.1, 0.15) is 52.5 Å². The Morgan fingerprint density at radius 1 is 1.21 bits per heavy atom. The SMILES string of the molecule is CCCC(=O)Nc1cccc(CNC(=NC)NCCC(OCC)C(C)C)c1.I. The fourth-order valence-electron chi connectivity index (χ4n) is 2.77. The van der Waals surface area contributed by atoms with Crippen LogP contribution in [0.15, 0.2) is 29.3 Å². The summed E-state index contributed by atoms with van der Waals surface area (Å²) < 4.78 is 5.78. The van der Waals surface area contributed by atoms with Gasteiger partial charge in [0.25, 0.3) is 0 Å². The van der Waals surface area contributed by atoms with Gasteiger partial charge in [-0.3, -0.25) is 9.79 Å². The van der Waals surface area contributed by atoms with Crippen LogP contribution in [-0.4, -0.2) is 38.2 Å². The average Bonchev–Trinajstić information content (AvgIpc) is 2.64. The number of hydrogen-bond acceptors (Lipinski definition) is 3. The van der Waals surface area contributed by atoms with Gasteiger partial charge in [-0.15, -0.1) is 24.0 Å². The van der Waals surface area contributed by atoms with Gasteiger partial charge in [-0.05, 0) is 43.4 Å². The molecule has 1 amide bonds. The number of guanidine groups is 1. The van der Waals surface area contributed by atoms with Crippen molar-refractivity contribution >= 4 is 41.5 Å². The minimum Gasteiger partial charge on any atom is -0.378 e. The molecule has 0 aliphatic heterocycles. The number of amides is 1. The standard InChI is InChI=1S/C21H36N4O2.HI/c1-6-9-20(26)25-18-11-8-10-17(14-18)15-24-21(22-5)23-13-12-19(16(3)4)27-7-2;/h8,10-11,14,16,19H,6-7,9,12-13,15H2,1-5H3,(H,25,26)(H2,22,23,24);1H. The van der Waals surface area contributed by atoms with Crippen molar-refractivity contribution in [2.45, 2.75) is 59.6 Å². The zero-order valence-corrected chi connectivity index (χ0v) is 20.2. The first-order chi connectivity index (χ1) is 13.0. The average molecular weight is 504 g/mol. The molecule has 7 heteroatoms. The summed E-state index contributed by atoms with van der Waals surface area (Å²) in [5, 5.41) is 9.58. The van der Waals surface area contributed by atoms with Crippen LogP contribution in [0.3, 0.4) is 0 Å². The summed E-state index contributed by atoms with van der Waals surface area (Å²) in [5.41, 5.74) is 1.91. The van der Waals surface area contributed by atoms with Crippen LogP contribution in [0.2, 0.25) is 0 Å². The first-order valence-corrected chi connectivity index (χ1v) is 9.95. The van der Waals surface area contributed by atoms with Crippen LogP contribution in [0, 0.1) is 5.92 Å². The number of benzene rings is 1. The zero-order chi connectivity index (χ0) is 20.1. The second kappa shape index (κ2) is 15.6. The van der Waals surface area contributed by atoms with E-state index in [2.05, 4.69) is 34.8 Å². The molecule has 3 N–H and O–H groups in total. The number of anilines is 1. The molecule has 0 aliphatic rings. The molecule has 1 aromatic rings. The molecule has 0 radical (unpaired) electrons. The Hall–Kier alpha value is -1.35. The first kappa shape index (κ1) is 26.6. The third-order valence-corrected chi connectivity index (χ3v) is 4.22. The largest absolute Gasteiger partial charge is 0.378 e. The minimum atomic E-state index is 0. The molecule has 0 bridgehead atoms. The lowest BCUT2D eigenvalue weighted by atomic mass is 10.0. The monoisotopic (exact) mass is 504 g/mol. The number of halogens is 1. The van der Waals surface area contributed by atoms with Gasteiger partial charge in [0.05, 0.1) is 6.10 Å². The molecule has 0 aromatic heterocycles. The van der Waals surface area contributed by atoms with E-state index in [0.29, 0.717) is 18.9 Å². The lowest BCUT2D eigenvalue weighted by Gasteiger charge is -2.21. The molecule has 0 saturated carbocycles. The molecular formula is C21H37IN4O2. The molecule has 6 nitrogen and oxygen atoms in total. The van der Waals surface area contributed by atoms with Crippen LogP contribution in [0.25, 0.3) is 0 Å². The van der Waals surface area contributed by atoms with Gasteiger partial charge in [0.15, 0.2) is 5.96 Å². The van der Waals surface area contributed by atoms with E-state index in [1.807, 2.05) is 38.1 Å². The molecule has 0 heterocycles. The van der Waals surface area contributed by atoms with Crippen molar-refractivity contribution in [1.29, 1.82) is 0 Å². The van der Waals surface area contributed by atoms with E-state index in [4.69, 9.17) is 4.74 Å². The van der Waals surface area contributed by atoms with Crippen LogP contribution in [0.5, 0.6) is 0 Å². The highest BCUT2D eigenvalue weighted by Crippen LogP contribution is 2.12. The summed E-state index contributed by atoms with van der Waals surface area (Å²) in [6, 6.07) is 7.87. The smallest absolute Gasteiger partial charge is 0.224 e. The zero-order valence-electron chi connectivity index (χ0n) is 17.9. The van der Waals surface area contributed by atoms with Crippen LogP contribution in [0.4, 0.5) is 5.69 Å². The van der Waals surface area contributed by atoms with Gasteiger partial charge in [-0.2, -0.15) is 0 Å². The van der Waals surface area contributed by atoms with Crippen LogP contribution < -0.4 is 16.0 Å². The molecule has 28 heavy (non-hydrogen) atoms. The molecule has 1 unspecified atom stereocenters. The van der Waals surface area contributed by atoms with E-state index >= 15 is 0 Å². The molecule has 0 saturated heterocycles. The Kier molecular flexibility index (Phi) is 14.8. The summed E-state index contributed by atoms with van der Waals surface area (Å²) in [6.07, 6.45) is 2.57. The molecule has 0 aliphatic carbocycles. The fourth-order valence-corrected chi connectivity index (χ4v) is 2.77. The topological polar surface area (TPSA) is 74.8 Å². The van der Waals surface area contributed by atoms with E-state index in [1.54, 1.807) is 7.05 Å². The number of nitrogens with one attached hydrogen (secondary N) is 3. The number of rotatable bonds is 11. The lowest BCUT2D eigenvalue weighted by molar-refractivity contribution is -0.116. The van der Waals surface area contributed by atoms with E-state index in [-0.39, 0.29) is 36.0 Å². The summed E-state index contributed by atoms with van der Waals surface area (Å²) in [6.45, 7) is 10.6. The highest BCUT2D eigenvalue weighted by Gasteiger charge is 2.13. The Bertz CT molecular complexity index is 594. The maximum absolute atomic E-state index is 11.7. The van der Waals surface area contributed by atoms with Gasteiger partial charge in [-0.1, -0.05) is 32.9 Å². The molecule has 0 spiro atoms. The van der Waals surface area contributed by atoms with E-state index < -0.39 is 0 Å². The number of nitrogens with zero attached hydrogens (tertiary/aromatic N) is 1. The van der Waals surface area contributed by atoms with Crippen LogP contribution in [-0.2, 0) is 16.1 Å². The quantitative estimate of drug-likeness (QED) is 0.241. The predicted molar refractivity (Wildman–Crippen MR) is 128 cm³/mol. The lowest BCUT2D eigenvalue weighted by Crippen LogP contribution is -2.38. The highest BCUT2D eigenvalue weighted by atomic mass is 127. The number of ether oxygens (including phenoxy) is 1. The number of hydrogen-bond donors (Lipinski definition) is 3. The third-order valence-electron chi connectivity index (χ3n) is 4.22. The molecule has 160 valence electrons. The number of aliphatic imine (C=N–C) groups is 1. The molecule has 0 fully saturated rings. The highest BCUT2D eigenvalue weighted by molar-refractivity contribution is 14.0. The van der Waals surface area contributed by atoms with Crippen molar-refractivity contribution < 1.29 is 9.53 Å². The Balaban J connectivity index is 0.00000729. The van der Waals surface area contributed by atoms with Gasteiger partial charge >= 0.3 is 0 Å². The summed E-state index contributed by atoms with van der Waals surface area (Å²) in [4.78, 5) is 16.0. The second-order valence-electron chi connectivity index (χ2n) is 6.88. The molecular weight excluding hydrogens is 467 g/mol. The van der Waals surface area contributed by atoms with E-state index in [0.717, 1.165) is 43.2 Å². The van der Waals surface area contributed by atoms with Gasteiger partial charge in [0.2, 0.25) is 5.91 Å². The van der Waals surface area contributed by atoms with Gasteiger partial charge in [-0.25, -0.2) is 0 Å². The van der Waals surface area contributed by atoms with E-state index in [1.165, 1.54) is 0 Å². The van der Waals surface area contributed by atoms with Gasteiger partial charge in [0, 0.05) is 38.9 Å². The van der Waals surface area contributed by atoms with Crippen molar-refractivity contribution in [2.75, 3.05) is 25.5 Å². The second-order valence-corrected chi connectivity index (χ2v) is 6.88. The molecule has 1 rings (SSSR count). The maximum atomic E-state index is 11.7. The minimum absolute atomic E-state index is 0. The van der Waals surface area contributed by atoms with Crippen LogP contribution >= 0.6 is 24.0 Å². The first-order valence-electron chi connectivity index (χ1n) is 9.95. The Labute approximate surface area is 187 Å². The van der Waals surface area contributed by atoms with Crippen molar-refractivity contribution in [1.82, 2.24) is 10.6 Å². The third kappa shape index (κ3) is 10.8. The normalized spacial score (nSPS) is 12.3. The maximum Gasteiger partial charge on any atom is 0.224 e. The molecule has 1 aromatic carbocycles. The number of carbonyl (C=O) groups is 1. The van der Waals surface area contributed by atoms with E-state index in [9.17, 15) is 4.79 Å². The molecule has 1 atom stereocenters. The Morgan fingerprint density at radius 2 is 1.96 bits per heavy atom. The summed E-state index contributed by atoms with van der Waals surface area (Å²) in [5.74, 6) is 1.30. The number of carbonyl (C=O) groups excluding carboxylic acids is 1. The van der Waals surface area contributed by atoms with Gasteiger partial charge in [0.1, 0.15) is 0 Å². The summed E-state index contributed by atoms with van der Waals surface area (Å²) in [7, 11) is 1.76. The fraction of sp³-hybridized carbons (Fsp3) is 0.619. The van der Waals surface area contributed by atoms with Crippen molar-refractivity contribution in [3.05, 3.63) is 29.8 Å². The van der Waals surface area contributed by atoms with Gasteiger partial charge < -0.3 is 20.7 Å².